The van der Waals surface area contributed by atoms with Gasteiger partial charge in [-0.05, 0) is 38.5 Å². The number of aryl methyl sites for hydroxylation is 1. The van der Waals surface area contributed by atoms with Crippen molar-refractivity contribution in [3.63, 3.8) is 0 Å². The molecule has 3 rings (SSSR count). The van der Waals surface area contributed by atoms with E-state index in [0.717, 1.165) is 23.9 Å². The van der Waals surface area contributed by atoms with Gasteiger partial charge in [-0.3, -0.25) is 4.79 Å². The molecule has 98 valence electrons. The van der Waals surface area contributed by atoms with Gasteiger partial charge in [0, 0.05) is 18.0 Å². The summed E-state index contributed by atoms with van der Waals surface area (Å²) < 4.78 is 0. The van der Waals surface area contributed by atoms with Gasteiger partial charge in [0.15, 0.2) is 0 Å². The summed E-state index contributed by atoms with van der Waals surface area (Å²) in [6.07, 6.45) is 7.67. The molecule has 3 nitrogen and oxygen atoms in total. The predicted octanol–water partition coefficient (Wildman–Crippen LogP) is 3.25. The molecule has 4 heteroatoms. The molecule has 1 unspecified atom stereocenters. The number of hydrogen-bond donors (Lipinski definition) is 0. The van der Waals surface area contributed by atoms with Crippen LogP contribution >= 0.6 is 11.3 Å². The van der Waals surface area contributed by atoms with Crippen molar-refractivity contribution in [1.29, 1.82) is 0 Å². The van der Waals surface area contributed by atoms with Crippen molar-refractivity contribution >= 4 is 17.2 Å². The Morgan fingerprint density at radius 1 is 1.33 bits per heavy atom. The molecule has 0 spiro atoms. The van der Waals surface area contributed by atoms with E-state index < -0.39 is 0 Å². The maximum atomic E-state index is 12.5. The van der Waals surface area contributed by atoms with Gasteiger partial charge in [0.2, 0.25) is 0 Å². The van der Waals surface area contributed by atoms with Crippen molar-refractivity contribution in [2.45, 2.75) is 51.5 Å². The second-order valence-corrected chi connectivity index (χ2v) is 6.57. The summed E-state index contributed by atoms with van der Waals surface area (Å²) in [6.45, 7) is 2.89. The highest BCUT2D eigenvalue weighted by molar-refractivity contribution is 7.09. The average Bonchev–Trinajstić information content (AvgIpc) is 3.08. The van der Waals surface area contributed by atoms with Crippen LogP contribution < -0.4 is 0 Å². The molecular formula is C14H20N2OS. The van der Waals surface area contributed by atoms with Crippen molar-refractivity contribution in [3.05, 3.63) is 16.1 Å². The molecule has 1 atom stereocenters. The molecule has 18 heavy (non-hydrogen) atoms. The van der Waals surface area contributed by atoms with Crippen LogP contribution in [0, 0.1) is 12.8 Å². The minimum atomic E-state index is 0.161. The Hall–Kier alpha value is -0.900. The van der Waals surface area contributed by atoms with Gasteiger partial charge < -0.3 is 4.90 Å². The minimum absolute atomic E-state index is 0.161. The van der Waals surface area contributed by atoms with E-state index in [2.05, 4.69) is 9.88 Å². The highest BCUT2D eigenvalue weighted by atomic mass is 32.1. The van der Waals surface area contributed by atoms with E-state index >= 15 is 0 Å². The van der Waals surface area contributed by atoms with E-state index in [1.165, 1.54) is 32.1 Å². The second kappa shape index (κ2) is 5.00. The molecule has 1 saturated heterocycles. The Kier molecular flexibility index (Phi) is 3.37. The van der Waals surface area contributed by atoms with E-state index in [0.29, 0.717) is 11.7 Å². The third kappa shape index (κ3) is 2.18. The van der Waals surface area contributed by atoms with Gasteiger partial charge in [-0.25, -0.2) is 4.98 Å². The van der Waals surface area contributed by atoms with Gasteiger partial charge in [-0.2, -0.15) is 0 Å². The number of thiazole rings is 1. The van der Waals surface area contributed by atoms with E-state index in [1.54, 1.807) is 11.3 Å². The first-order chi connectivity index (χ1) is 8.75. The SMILES string of the molecule is Cc1nc(C(=O)N2CCCC2C2CCCC2)cs1. The van der Waals surface area contributed by atoms with Crippen molar-refractivity contribution in [3.8, 4) is 0 Å². The van der Waals surface area contributed by atoms with Gasteiger partial charge in [-0.15, -0.1) is 11.3 Å². The van der Waals surface area contributed by atoms with Gasteiger partial charge in [0.05, 0.1) is 5.01 Å². The summed E-state index contributed by atoms with van der Waals surface area (Å²) in [5.74, 6) is 0.907. The van der Waals surface area contributed by atoms with Crippen molar-refractivity contribution < 1.29 is 4.79 Å². The lowest BCUT2D eigenvalue weighted by Crippen LogP contribution is -2.39. The molecule has 2 fully saturated rings. The standard InChI is InChI=1S/C14H20N2OS/c1-10-15-12(9-18-10)14(17)16-8-4-7-13(16)11-5-2-3-6-11/h9,11,13H,2-8H2,1H3. The molecule has 2 heterocycles. The smallest absolute Gasteiger partial charge is 0.273 e. The average molecular weight is 264 g/mol. The maximum Gasteiger partial charge on any atom is 0.273 e. The third-order valence-electron chi connectivity index (χ3n) is 4.34. The van der Waals surface area contributed by atoms with E-state index in [9.17, 15) is 4.79 Å². The summed E-state index contributed by atoms with van der Waals surface area (Å²) in [5, 5.41) is 2.89. The summed E-state index contributed by atoms with van der Waals surface area (Å²) in [5.41, 5.74) is 0.655. The molecule has 1 aromatic heterocycles. The maximum absolute atomic E-state index is 12.5. The number of likely N-dealkylation sites (tertiary alicyclic amines) is 1. The molecular weight excluding hydrogens is 244 g/mol. The zero-order valence-corrected chi connectivity index (χ0v) is 11.7. The van der Waals surface area contributed by atoms with Crippen LogP contribution in [0.3, 0.4) is 0 Å². The van der Waals surface area contributed by atoms with Crippen LogP contribution in [-0.4, -0.2) is 28.4 Å². The fraction of sp³-hybridized carbons (Fsp3) is 0.714. The Labute approximate surface area is 112 Å². The molecule has 0 aromatic carbocycles. The lowest BCUT2D eigenvalue weighted by Gasteiger charge is -2.28. The lowest BCUT2D eigenvalue weighted by atomic mass is 9.96. The second-order valence-electron chi connectivity index (χ2n) is 5.50. The van der Waals surface area contributed by atoms with Crippen LogP contribution in [0.25, 0.3) is 0 Å². The number of aromatic nitrogens is 1. The van der Waals surface area contributed by atoms with Crippen molar-refractivity contribution in [2.75, 3.05) is 6.54 Å². The molecule has 2 aliphatic rings. The highest BCUT2D eigenvalue weighted by Gasteiger charge is 2.36. The van der Waals surface area contributed by atoms with Crippen molar-refractivity contribution in [2.24, 2.45) is 5.92 Å². The topological polar surface area (TPSA) is 33.2 Å². The fourth-order valence-corrected chi connectivity index (χ4v) is 4.07. The molecule has 1 amide bonds. The van der Waals surface area contributed by atoms with Gasteiger partial charge in [0.1, 0.15) is 5.69 Å². The molecule has 1 saturated carbocycles. The fourth-order valence-electron chi connectivity index (χ4n) is 3.49. The van der Waals surface area contributed by atoms with Gasteiger partial charge >= 0.3 is 0 Å². The number of nitrogens with zero attached hydrogens (tertiary/aromatic N) is 2. The number of hydrogen-bond acceptors (Lipinski definition) is 3. The van der Waals surface area contributed by atoms with Crippen LogP contribution in [0.2, 0.25) is 0 Å². The Morgan fingerprint density at radius 3 is 2.78 bits per heavy atom. The Balaban J connectivity index is 1.75. The van der Waals surface area contributed by atoms with Crippen LogP contribution in [0.15, 0.2) is 5.38 Å². The number of carbonyl (C=O) groups excluding carboxylic acids is 1. The first kappa shape index (κ1) is 12.2. The first-order valence-corrected chi connectivity index (χ1v) is 7.87. The monoisotopic (exact) mass is 264 g/mol. The Morgan fingerprint density at radius 2 is 2.11 bits per heavy atom. The van der Waals surface area contributed by atoms with E-state index in [-0.39, 0.29) is 5.91 Å². The molecule has 0 bridgehead atoms. The molecule has 1 aliphatic carbocycles. The predicted molar refractivity (Wildman–Crippen MR) is 72.9 cm³/mol. The first-order valence-electron chi connectivity index (χ1n) is 6.99. The van der Waals surface area contributed by atoms with Crippen LogP contribution in [-0.2, 0) is 0 Å². The number of carbonyl (C=O) groups is 1. The van der Waals surface area contributed by atoms with Gasteiger partial charge in [-0.1, -0.05) is 12.8 Å². The van der Waals surface area contributed by atoms with Crippen LogP contribution in [0.5, 0.6) is 0 Å². The highest BCUT2D eigenvalue weighted by Crippen LogP contribution is 2.36. The van der Waals surface area contributed by atoms with Crippen LogP contribution in [0.1, 0.15) is 54.0 Å². The number of rotatable bonds is 2. The summed E-state index contributed by atoms with van der Waals surface area (Å²) in [6, 6.07) is 0.488. The minimum Gasteiger partial charge on any atom is -0.334 e. The molecule has 0 N–H and O–H groups in total. The van der Waals surface area contributed by atoms with E-state index in [1.807, 2.05) is 12.3 Å². The quantitative estimate of drug-likeness (QED) is 0.821. The Bertz CT molecular complexity index is 437. The van der Waals surface area contributed by atoms with Gasteiger partial charge in [0.25, 0.3) is 5.91 Å². The zero-order valence-electron chi connectivity index (χ0n) is 10.9. The molecule has 1 aliphatic heterocycles. The molecule has 0 radical (unpaired) electrons. The van der Waals surface area contributed by atoms with Crippen molar-refractivity contribution in [1.82, 2.24) is 9.88 Å². The summed E-state index contributed by atoms with van der Waals surface area (Å²) >= 11 is 1.57. The normalized spacial score (nSPS) is 24.9. The number of amides is 1. The van der Waals surface area contributed by atoms with E-state index in [4.69, 9.17) is 0 Å². The lowest BCUT2D eigenvalue weighted by molar-refractivity contribution is 0.0683. The largest absolute Gasteiger partial charge is 0.334 e. The molecule has 1 aromatic rings. The zero-order chi connectivity index (χ0) is 12.5. The summed E-state index contributed by atoms with van der Waals surface area (Å²) in [7, 11) is 0. The van der Waals surface area contributed by atoms with Crippen LogP contribution in [0.4, 0.5) is 0 Å². The summed E-state index contributed by atoms with van der Waals surface area (Å²) in [4.78, 5) is 18.9. The third-order valence-corrected chi connectivity index (χ3v) is 5.12.